The molecule has 0 N–H and O–H groups in total. The quantitative estimate of drug-likeness (QED) is 0.457. The second-order valence-electron chi connectivity index (χ2n) is 5.25. The lowest BCUT2D eigenvalue weighted by atomic mass is 10.2. The average molecular weight is 289 g/mol. The Balaban J connectivity index is 1.96. The molecule has 2 rings (SSSR count). The first kappa shape index (κ1) is 15.2. The minimum Gasteiger partial charge on any atom is -0.312 e. The molecular weight excluding hydrogens is 270 g/mol. The molecule has 0 saturated heterocycles. The molecule has 0 aliphatic heterocycles. The highest BCUT2D eigenvalue weighted by Crippen LogP contribution is 2.25. The van der Waals surface area contributed by atoms with Gasteiger partial charge in [0.1, 0.15) is 0 Å². The number of nitro benzene ring substituents is 1. The van der Waals surface area contributed by atoms with Crippen LogP contribution in [0.15, 0.2) is 36.4 Å². The highest BCUT2D eigenvalue weighted by Gasteiger charge is 2.24. The number of carbonyl (C=O) groups is 1. The van der Waals surface area contributed by atoms with Crippen molar-refractivity contribution in [3.05, 3.63) is 46.5 Å². The number of hydrogen-bond donors (Lipinski definition) is 0. The third kappa shape index (κ3) is 4.13. The van der Waals surface area contributed by atoms with Crippen LogP contribution in [0.25, 0.3) is 0 Å². The number of nitrogens with zero attached hydrogens (tertiary/aromatic N) is 3. The predicted octanol–water partition coefficient (Wildman–Crippen LogP) is 2.21. The van der Waals surface area contributed by atoms with Crippen molar-refractivity contribution in [1.29, 1.82) is 0 Å². The van der Waals surface area contributed by atoms with Gasteiger partial charge in [-0.1, -0.05) is 12.1 Å². The van der Waals surface area contributed by atoms with Crippen molar-refractivity contribution in [2.45, 2.75) is 18.9 Å². The number of hydrogen-bond acceptors (Lipinski definition) is 4. The summed E-state index contributed by atoms with van der Waals surface area (Å²) in [5, 5.41) is 10.7. The lowest BCUT2D eigenvalue weighted by Gasteiger charge is -2.15. The van der Waals surface area contributed by atoms with Gasteiger partial charge in [0.05, 0.1) is 10.6 Å². The number of nitro groups is 1. The number of benzene rings is 1. The Labute approximate surface area is 123 Å². The second kappa shape index (κ2) is 6.49. The maximum atomic E-state index is 12.0. The van der Waals surface area contributed by atoms with Crippen LogP contribution in [0.5, 0.6) is 0 Å². The number of anilines is 1. The number of likely N-dealkylation sites (N-methyl/N-ethyl adjacent to an activating group) is 2. The topological polar surface area (TPSA) is 66.7 Å². The molecule has 0 heterocycles. The fourth-order valence-corrected chi connectivity index (χ4v) is 2.04. The molecule has 1 saturated carbocycles. The van der Waals surface area contributed by atoms with Crippen molar-refractivity contribution in [3.63, 3.8) is 0 Å². The molecule has 0 bridgehead atoms. The first-order valence-corrected chi connectivity index (χ1v) is 6.88. The van der Waals surface area contributed by atoms with E-state index in [-0.39, 0.29) is 11.6 Å². The van der Waals surface area contributed by atoms with E-state index < -0.39 is 4.92 Å². The summed E-state index contributed by atoms with van der Waals surface area (Å²) in [6, 6.07) is 6.69. The molecular formula is C15H19N3O3. The SMILES string of the molecule is CN(C(=O)C=CCN(C)C1CC1)c1cccc([N+](=O)[O-])c1. The Bertz CT molecular complexity index is 567. The fourth-order valence-electron chi connectivity index (χ4n) is 2.04. The molecule has 6 heteroatoms. The van der Waals surface area contributed by atoms with Crippen molar-refractivity contribution in [2.24, 2.45) is 0 Å². The van der Waals surface area contributed by atoms with E-state index in [1.165, 1.54) is 36.0 Å². The van der Waals surface area contributed by atoms with Crippen LogP contribution in [-0.4, -0.2) is 42.4 Å². The molecule has 112 valence electrons. The Morgan fingerprint density at radius 1 is 1.43 bits per heavy atom. The monoisotopic (exact) mass is 289 g/mol. The van der Waals surface area contributed by atoms with Crippen LogP contribution in [0.3, 0.4) is 0 Å². The van der Waals surface area contributed by atoms with Gasteiger partial charge in [-0.3, -0.25) is 19.8 Å². The summed E-state index contributed by atoms with van der Waals surface area (Å²) in [6.45, 7) is 0.735. The smallest absolute Gasteiger partial charge is 0.271 e. The van der Waals surface area contributed by atoms with Gasteiger partial charge in [-0.05, 0) is 26.0 Å². The van der Waals surface area contributed by atoms with Crippen LogP contribution in [0.1, 0.15) is 12.8 Å². The molecule has 1 aromatic rings. The highest BCUT2D eigenvalue weighted by atomic mass is 16.6. The second-order valence-corrected chi connectivity index (χ2v) is 5.25. The molecule has 0 radical (unpaired) electrons. The van der Waals surface area contributed by atoms with Gasteiger partial charge in [0.25, 0.3) is 5.69 Å². The van der Waals surface area contributed by atoms with Crippen molar-refractivity contribution in [1.82, 2.24) is 4.90 Å². The van der Waals surface area contributed by atoms with E-state index in [1.54, 1.807) is 19.2 Å². The molecule has 21 heavy (non-hydrogen) atoms. The van der Waals surface area contributed by atoms with Crippen LogP contribution in [0.4, 0.5) is 11.4 Å². The molecule has 1 amide bonds. The molecule has 0 aromatic heterocycles. The summed E-state index contributed by atoms with van der Waals surface area (Å²) < 4.78 is 0. The van der Waals surface area contributed by atoms with E-state index in [4.69, 9.17) is 0 Å². The molecule has 1 aliphatic carbocycles. The zero-order chi connectivity index (χ0) is 15.4. The molecule has 1 aromatic carbocycles. The molecule has 0 unspecified atom stereocenters. The van der Waals surface area contributed by atoms with Crippen LogP contribution < -0.4 is 4.90 Å². The Morgan fingerprint density at radius 3 is 2.76 bits per heavy atom. The van der Waals surface area contributed by atoms with E-state index in [2.05, 4.69) is 4.90 Å². The standard InChI is InChI=1S/C15H19N3O3/c1-16(12-8-9-12)10-4-7-15(19)17(2)13-5-3-6-14(11-13)18(20)21/h3-7,11-12H,8-10H2,1-2H3. The minimum absolute atomic E-state index is 0.0235. The number of rotatable bonds is 6. The Morgan fingerprint density at radius 2 is 2.14 bits per heavy atom. The van der Waals surface area contributed by atoms with Gasteiger partial charge in [0, 0.05) is 37.8 Å². The summed E-state index contributed by atoms with van der Waals surface area (Å²) in [7, 11) is 3.65. The lowest BCUT2D eigenvalue weighted by Crippen LogP contribution is -2.25. The van der Waals surface area contributed by atoms with Gasteiger partial charge in [0.2, 0.25) is 5.91 Å². The summed E-state index contributed by atoms with van der Waals surface area (Å²) in [4.78, 5) is 25.9. The minimum atomic E-state index is -0.470. The van der Waals surface area contributed by atoms with Crippen molar-refractivity contribution >= 4 is 17.3 Å². The van der Waals surface area contributed by atoms with E-state index >= 15 is 0 Å². The van der Waals surface area contributed by atoms with Crippen molar-refractivity contribution in [2.75, 3.05) is 25.5 Å². The molecule has 6 nitrogen and oxygen atoms in total. The van der Waals surface area contributed by atoms with E-state index in [9.17, 15) is 14.9 Å². The van der Waals surface area contributed by atoms with Crippen LogP contribution in [0, 0.1) is 10.1 Å². The molecule has 1 fully saturated rings. The van der Waals surface area contributed by atoms with Crippen molar-refractivity contribution in [3.8, 4) is 0 Å². The van der Waals surface area contributed by atoms with Crippen LogP contribution >= 0.6 is 0 Å². The molecule has 0 spiro atoms. The van der Waals surface area contributed by atoms with Gasteiger partial charge in [-0.2, -0.15) is 0 Å². The fraction of sp³-hybridized carbons (Fsp3) is 0.400. The van der Waals surface area contributed by atoms with Gasteiger partial charge in [-0.15, -0.1) is 0 Å². The van der Waals surface area contributed by atoms with Crippen molar-refractivity contribution < 1.29 is 9.72 Å². The van der Waals surface area contributed by atoms with E-state index in [0.717, 1.165) is 6.54 Å². The first-order chi connectivity index (χ1) is 9.99. The summed E-state index contributed by atoms with van der Waals surface area (Å²) in [5.41, 5.74) is 0.485. The van der Waals surface area contributed by atoms with Gasteiger partial charge in [-0.25, -0.2) is 0 Å². The van der Waals surface area contributed by atoms with Gasteiger partial charge < -0.3 is 4.90 Å². The third-order valence-corrected chi connectivity index (χ3v) is 3.58. The van der Waals surface area contributed by atoms with Gasteiger partial charge in [0.15, 0.2) is 0 Å². The molecule has 0 atom stereocenters. The number of carbonyl (C=O) groups excluding carboxylic acids is 1. The normalized spacial score (nSPS) is 14.6. The maximum absolute atomic E-state index is 12.0. The summed E-state index contributed by atoms with van der Waals surface area (Å²) in [6.07, 6.45) is 5.80. The lowest BCUT2D eigenvalue weighted by molar-refractivity contribution is -0.384. The van der Waals surface area contributed by atoms with E-state index in [1.807, 2.05) is 13.1 Å². The summed E-state index contributed by atoms with van der Waals surface area (Å²) >= 11 is 0. The summed E-state index contributed by atoms with van der Waals surface area (Å²) in [5.74, 6) is -0.195. The van der Waals surface area contributed by atoms with Crippen LogP contribution in [-0.2, 0) is 4.79 Å². The third-order valence-electron chi connectivity index (χ3n) is 3.58. The largest absolute Gasteiger partial charge is 0.312 e. The Kier molecular flexibility index (Phi) is 4.70. The van der Waals surface area contributed by atoms with Crippen LogP contribution in [0.2, 0.25) is 0 Å². The number of non-ortho nitro benzene ring substituents is 1. The zero-order valence-corrected chi connectivity index (χ0v) is 12.2. The maximum Gasteiger partial charge on any atom is 0.271 e. The predicted molar refractivity (Wildman–Crippen MR) is 81.3 cm³/mol. The van der Waals surface area contributed by atoms with Gasteiger partial charge >= 0.3 is 0 Å². The first-order valence-electron chi connectivity index (χ1n) is 6.88. The average Bonchev–Trinajstić information content (AvgIpc) is 3.31. The number of amides is 1. The zero-order valence-electron chi connectivity index (χ0n) is 12.2. The Hall–Kier alpha value is -2.21. The highest BCUT2D eigenvalue weighted by molar-refractivity contribution is 6.01. The van der Waals surface area contributed by atoms with E-state index in [0.29, 0.717) is 11.7 Å². The molecule has 1 aliphatic rings.